The molecule has 1 fully saturated rings. The molecule has 10 heteroatoms. The highest BCUT2D eigenvalue weighted by atomic mass is 32.2. The first kappa shape index (κ1) is 23.5. The maximum Gasteiger partial charge on any atom is 0.237 e. The van der Waals surface area contributed by atoms with Gasteiger partial charge in [0.2, 0.25) is 17.8 Å². The second kappa shape index (κ2) is 10.2. The normalized spacial score (nSPS) is 18.8. The van der Waals surface area contributed by atoms with E-state index < -0.39 is 0 Å². The van der Waals surface area contributed by atoms with Gasteiger partial charge in [0.25, 0.3) is 0 Å². The average Bonchev–Trinajstić information content (AvgIpc) is 3.47. The van der Waals surface area contributed by atoms with Crippen LogP contribution in [0.3, 0.4) is 0 Å². The number of carbonyl (C=O) groups is 2. The van der Waals surface area contributed by atoms with Gasteiger partial charge in [-0.3, -0.25) is 14.2 Å². The number of furan rings is 1. The Bertz CT molecular complexity index is 1190. The summed E-state index contributed by atoms with van der Waals surface area (Å²) < 4.78 is 7.64. The molecule has 1 saturated heterocycles. The van der Waals surface area contributed by atoms with Crippen LogP contribution in [0.4, 0.5) is 17.3 Å². The van der Waals surface area contributed by atoms with Crippen LogP contribution < -0.4 is 15.1 Å². The van der Waals surface area contributed by atoms with Gasteiger partial charge < -0.3 is 19.5 Å². The number of rotatable bonds is 6. The van der Waals surface area contributed by atoms with Gasteiger partial charge in [-0.1, -0.05) is 30.8 Å². The number of thioether (sulfide) groups is 1. The molecule has 184 valence electrons. The fraction of sp³-hybridized carbons (Fsp3) is 0.440. The summed E-state index contributed by atoms with van der Waals surface area (Å²) in [6.45, 7) is 6.55. The fourth-order valence-electron chi connectivity index (χ4n) is 4.69. The molecule has 2 aliphatic rings. The topological polar surface area (TPSA) is 96.5 Å². The molecule has 0 saturated carbocycles. The van der Waals surface area contributed by atoms with Crippen LogP contribution in [0.25, 0.3) is 0 Å². The zero-order chi connectivity index (χ0) is 24.4. The highest BCUT2D eigenvalue weighted by Crippen LogP contribution is 2.33. The van der Waals surface area contributed by atoms with Gasteiger partial charge in [-0.15, -0.1) is 10.2 Å². The summed E-state index contributed by atoms with van der Waals surface area (Å²) in [4.78, 5) is 29.7. The molecule has 0 spiro atoms. The molecule has 0 aliphatic carbocycles. The van der Waals surface area contributed by atoms with E-state index in [0.717, 1.165) is 43.3 Å². The van der Waals surface area contributed by atoms with Gasteiger partial charge in [-0.05, 0) is 49.9 Å². The molecule has 1 aromatic carbocycles. The summed E-state index contributed by atoms with van der Waals surface area (Å²) >= 11 is 1.36. The van der Waals surface area contributed by atoms with Crippen molar-refractivity contribution in [1.29, 1.82) is 0 Å². The van der Waals surface area contributed by atoms with Crippen molar-refractivity contribution in [2.75, 3.05) is 34.0 Å². The van der Waals surface area contributed by atoms with E-state index in [2.05, 4.69) is 27.3 Å². The summed E-state index contributed by atoms with van der Waals surface area (Å²) in [6, 6.07) is 11.0. The van der Waals surface area contributed by atoms with Crippen LogP contribution in [0.5, 0.6) is 0 Å². The molecule has 2 aliphatic heterocycles. The largest absolute Gasteiger partial charge is 0.467 e. The first-order valence-electron chi connectivity index (χ1n) is 12.0. The van der Waals surface area contributed by atoms with Crippen molar-refractivity contribution < 1.29 is 14.0 Å². The smallest absolute Gasteiger partial charge is 0.237 e. The Kier molecular flexibility index (Phi) is 6.81. The third kappa shape index (κ3) is 5.07. The molecule has 3 aromatic rings. The number of hydrogen-bond acceptors (Lipinski definition) is 7. The van der Waals surface area contributed by atoms with E-state index in [4.69, 9.17) is 4.42 Å². The zero-order valence-electron chi connectivity index (χ0n) is 20.0. The molecular formula is C25H30N6O3S. The molecule has 9 nitrogen and oxygen atoms in total. The minimum atomic E-state index is -0.251. The van der Waals surface area contributed by atoms with E-state index in [0.29, 0.717) is 23.3 Å². The Balaban J connectivity index is 1.37. The van der Waals surface area contributed by atoms with Crippen LogP contribution in [0, 0.1) is 5.92 Å². The standard InChI is InChI=1S/C25H30N6O3S/c1-17-9-11-29(12-10-17)24-27-28-25(30(24)15-19-6-5-13-34-19)35-16-23(33)31-18(2)14-22(32)26-20-7-3-4-8-21(20)31/h3-8,13,17-18H,9-12,14-16H2,1-2H3,(H,26,32). The number of fused-ring (bicyclic) bond motifs is 1. The summed E-state index contributed by atoms with van der Waals surface area (Å²) in [7, 11) is 0. The lowest BCUT2D eigenvalue weighted by molar-refractivity contribution is -0.117. The van der Waals surface area contributed by atoms with Crippen LogP contribution in [0.15, 0.2) is 52.2 Å². The Hall–Kier alpha value is -3.27. The van der Waals surface area contributed by atoms with Crippen molar-refractivity contribution in [2.45, 2.75) is 50.9 Å². The number of piperidine rings is 1. The minimum absolute atomic E-state index is 0.0765. The molecular weight excluding hydrogens is 464 g/mol. The van der Waals surface area contributed by atoms with E-state index in [1.807, 2.05) is 47.9 Å². The first-order valence-corrected chi connectivity index (χ1v) is 13.0. The molecule has 4 heterocycles. The summed E-state index contributed by atoms with van der Waals surface area (Å²) in [5, 5.41) is 12.5. The van der Waals surface area contributed by atoms with E-state index in [1.165, 1.54) is 11.8 Å². The average molecular weight is 495 g/mol. The number of para-hydroxylation sites is 2. The molecule has 1 N–H and O–H groups in total. The minimum Gasteiger partial charge on any atom is -0.467 e. The van der Waals surface area contributed by atoms with Crippen molar-refractivity contribution in [2.24, 2.45) is 5.92 Å². The highest BCUT2D eigenvalue weighted by molar-refractivity contribution is 7.99. The van der Waals surface area contributed by atoms with Crippen molar-refractivity contribution in [1.82, 2.24) is 14.8 Å². The van der Waals surface area contributed by atoms with Gasteiger partial charge in [0.1, 0.15) is 5.76 Å². The predicted octanol–water partition coefficient (Wildman–Crippen LogP) is 4.01. The van der Waals surface area contributed by atoms with Crippen LogP contribution in [-0.4, -0.2) is 51.5 Å². The molecule has 1 atom stereocenters. The third-order valence-corrected chi connectivity index (χ3v) is 7.56. The van der Waals surface area contributed by atoms with Gasteiger partial charge in [0.05, 0.1) is 29.9 Å². The van der Waals surface area contributed by atoms with E-state index in [1.54, 1.807) is 11.2 Å². The SMILES string of the molecule is CC1CCN(c2nnc(SCC(=O)N3c4ccccc4NC(=O)CC3C)n2Cc2ccco2)CC1. The predicted molar refractivity (Wildman–Crippen MR) is 136 cm³/mol. The van der Waals surface area contributed by atoms with Gasteiger partial charge in [-0.2, -0.15) is 0 Å². The van der Waals surface area contributed by atoms with Crippen molar-refractivity contribution in [3.8, 4) is 0 Å². The number of hydrogen-bond donors (Lipinski definition) is 1. The lowest BCUT2D eigenvalue weighted by Crippen LogP contribution is -2.40. The van der Waals surface area contributed by atoms with Gasteiger partial charge in [0, 0.05) is 25.6 Å². The van der Waals surface area contributed by atoms with Crippen LogP contribution in [0.1, 0.15) is 38.9 Å². The third-order valence-electron chi connectivity index (χ3n) is 6.61. The maximum atomic E-state index is 13.5. The van der Waals surface area contributed by atoms with Gasteiger partial charge >= 0.3 is 0 Å². The second-order valence-electron chi connectivity index (χ2n) is 9.29. The first-order chi connectivity index (χ1) is 17.0. The van der Waals surface area contributed by atoms with Gasteiger partial charge in [-0.25, -0.2) is 0 Å². The summed E-state index contributed by atoms with van der Waals surface area (Å²) in [6.07, 6.45) is 4.14. The van der Waals surface area contributed by atoms with Crippen LogP contribution in [0.2, 0.25) is 0 Å². The molecule has 5 rings (SSSR count). The number of aromatic nitrogens is 3. The van der Waals surface area contributed by atoms with E-state index in [9.17, 15) is 9.59 Å². The molecule has 1 unspecified atom stereocenters. The lowest BCUT2D eigenvalue weighted by atomic mass is 10.00. The van der Waals surface area contributed by atoms with Crippen molar-refractivity contribution >= 4 is 40.9 Å². The Morgan fingerprint density at radius 1 is 1.14 bits per heavy atom. The Morgan fingerprint density at radius 2 is 1.94 bits per heavy atom. The molecule has 2 aromatic heterocycles. The number of benzene rings is 1. The highest BCUT2D eigenvalue weighted by Gasteiger charge is 2.30. The second-order valence-corrected chi connectivity index (χ2v) is 10.2. The van der Waals surface area contributed by atoms with Crippen LogP contribution >= 0.6 is 11.8 Å². The number of carbonyl (C=O) groups excluding carboxylic acids is 2. The van der Waals surface area contributed by atoms with Crippen LogP contribution in [-0.2, 0) is 16.1 Å². The van der Waals surface area contributed by atoms with Crippen molar-refractivity contribution in [3.05, 3.63) is 48.4 Å². The number of nitrogens with zero attached hydrogens (tertiary/aromatic N) is 5. The maximum absolute atomic E-state index is 13.5. The summed E-state index contributed by atoms with van der Waals surface area (Å²) in [5.74, 6) is 2.34. The number of anilines is 3. The lowest BCUT2D eigenvalue weighted by Gasteiger charge is -2.31. The molecule has 35 heavy (non-hydrogen) atoms. The quantitative estimate of drug-likeness (QED) is 0.517. The summed E-state index contributed by atoms with van der Waals surface area (Å²) in [5.41, 5.74) is 1.37. The monoisotopic (exact) mass is 494 g/mol. The number of amides is 2. The zero-order valence-corrected chi connectivity index (χ0v) is 20.8. The van der Waals surface area contributed by atoms with Gasteiger partial charge in [0.15, 0.2) is 5.16 Å². The van der Waals surface area contributed by atoms with E-state index >= 15 is 0 Å². The fourth-order valence-corrected chi connectivity index (χ4v) is 5.48. The van der Waals surface area contributed by atoms with Crippen molar-refractivity contribution in [3.63, 3.8) is 0 Å². The molecule has 0 bridgehead atoms. The van der Waals surface area contributed by atoms with E-state index in [-0.39, 0.29) is 30.0 Å². The Morgan fingerprint density at radius 3 is 2.71 bits per heavy atom. The molecule has 2 amide bonds. The Labute approximate surface area is 208 Å². The number of nitrogens with one attached hydrogen (secondary N) is 1. The molecule has 0 radical (unpaired) electrons.